The number of rotatable bonds is 4. The second kappa shape index (κ2) is 5.65. The zero-order valence-electron chi connectivity index (χ0n) is 10.8. The normalized spacial score (nSPS) is 10.4. The minimum absolute atomic E-state index is 0.00549. The molecule has 0 bridgehead atoms. The van der Waals surface area contributed by atoms with Gasteiger partial charge in [-0.3, -0.25) is 4.98 Å². The Morgan fingerprint density at radius 1 is 1.17 bits per heavy atom. The van der Waals surface area contributed by atoms with Crippen molar-refractivity contribution in [3.8, 4) is 0 Å². The standard InChI is InChI=1S/C15H18N2O/c1-3-17(14-6-4-12(2)5-7-14)15-8-9-16-10-13(15)11-18/h4-10,18H,3,11H2,1-2H3. The van der Waals surface area contributed by atoms with Crippen LogP contribution in [0.15, 0.2) is 42.7 Å². The molecule has 0 aliphatic rings. The van der Waals surface area contributed by atoms with E-state index in [9.17, 15) is 5.11 Å². The molecule has 0 unspecified atom stereocenters. The molecule has 0 fully saturated rings. The number of anilines is 2. The Kier molecular flexibility index (Phi) is 3.95. The van der Waals surface area contributed by atoms with Gasteiger partial charge in [0.25, 0.3) is 0 Å². The lowest BCUT2D eigenvalue weighted by Crippen LogP contribution is -2.17. The SMILES string of the molecule is CCN(c1ccc(C)cc1)c1ccncc1CO. The monoisotopic (exact) mass is 242 g/mol. The number of aliphatic hydroxyl groups excluding tert-OH is 1. The summed E-state index contributed by atoms with van der Waals surface area (Å²) in [5.41, 5.74) is 4.23. The minimum Gasteiger partial charge on any atom is -0.392 e. The predicted octanol–water partition coefficient (Wildman–Crippen LogP) is 3.04. The van der Waals surface area contributed by atoms with E-state index in [1.54, 1.807) is 12.4 Å². The molecule has 0 amide bonds. The Balaban J connectivity index is 2.41. The van der Waals surface area contributed by atoms with Crippen molar-refractivity contribution in [3.05, 3.63) is 53.9 Å². The van der Waals surface area contributed by atoms with Gasteiger partial charge in [0.05, 0.1) is 6.61 Å². The molecule has 0 aliphatic carbocycles. The van der Waals surface area contributed by atoms with Crippen LogP contribution in [0.4, 0.5) is 11.4 Å². The molecule has 2 aromatic rings. The van der Waals surface area contributed by atoms with E-state index in [1.807, 2.05) is 6.07 Å². The zero-order valence-corrected chi connectivity index (χ0v) is 10.8. The Hall–Kier alpha value is -1.87. The Morgan fingerprint density at radius 3 is 2.50 bits per heavy atom. The number of pyridine rings is 1. The fraction of sp³-hybridized carbons (Fsp3) is 0.267. The lowest BCUT2D eigenvalue weighted by molar-refractivity contribution is 0.281. The van der Waals surface area contributed by atoms with Gasteiger partial charge in [-0.15, -0.1) is 0 Å². The van der Waals surface area contributed by atoms with E-state index in [-0.39, 0.29) is 6.61 Å². The number of hydrogen-bond donors (Lipinski definition) is 1. The van der Waals surface area contributed by atoms with Gasteiger partial charge in [0, 0.05) is 35.9 Å². The van der Waals surface area contributed by atoms with Crippen LogP contribution in [0.3, 0.4) is 0 Å². The van der Waals surface area contributed by atoms with Gasteiger partial charge >= 0.3 is 0 Å². The first-order chi connectivity index (χ1) is 8.76. The fourth-order valence-electron chi connectivity index (χ4n) is 2.02. The molecule has 2 rings (SSSR count). The van der Waals surface area contributed by atoms with Crippen LogP contribution in [0.5, 0.6) is 0 Å². The van der Waals surface area contributed by atoms with Crippen LogP contribution in [0.1, 0.15) is 18.1 Å². The molecule has 3 heteroatoms. The molecule has 1 N–H and O–H groups in total. The molecule has 1 aromatic heterocycles. The highest BCUT2D eigenvalue weighted by atomic mass is 16.3. The molecule has 94 valence electrons. The van der Waals surface area contributed by atoms with Crippen LogP contribution in [0.2, 0.25) is 0 Å². The van der Waals surface area contributed by atoms with Crippen LogP contribution in [0.25, 0.3) is 0 Å². The van der Waals surface area contributed by atoms with Crippen LogP contribution in [-0.2, 0) is 6.61 Å². The topological polar surface area (TPSA) is 36.4 Å². The molecule has 0 saturated heterocycles. The zero-order chi connectivity index (χ0) is 13.0. The maximum atomic E-state index is 9.39. The van der Waals surface area contributed by atoms with Crippen molar-refractivity contribution in [2.75, 3.05) is 11.4 Å². The molecule has 0 saturated carbocycles. The summed E-state index contributed by atoms with van der Waals surface area (Å²) in [7, 11) is 0. The molecular formula is C15H18N2O. The highest BCUT2D eigenvalue weighted by Gasteiger charge is 2.10. The summed E-state index contributed by atoms with van der Waals surface area (Å²) in [6, 6.07) is 10.3. The van der Waals surface area contributed by atoms with Gasteiger partial charge in [-0.1, -0.05) is 17.7 Å². The number of nitrogens with zero attached hydrogens (tertiary/aromatic N) is 2. The average molecular weight is 242 g/mol. The third kappa shape index (κ3) is 2.51. The van der Waals surface area contributed by atoms with Crippen LogP contribution < -0.4 is 4.90 Å². The van der Waals surface area contributed by atoms with Crippen LogP contribution >= 0.6 is 0 Å². The first-order valence-electron chi connectivity index (χ1n) is 6.14. The highest BCUT2D eigenvalue weighted by molar-refractivity contribution is 5.65. The quantitative estimate of drug-likeness (QED) is 0.895. The van der Waals surface area contributed by atoms with Crippen molar-refractivity contribution in [1.82, 2.24) is 4.98 Å². The van der Waals surface area contributed by atoms with Gasteiger partial charge in [0.2, 0.25) is 0 Å². The second-order valence-electron chi connectivity index (χ2n) is 4.24. The molecule has 1 aromatic carbocycles. The summed E-state index contributed by atoms with van der Waals surface area (Å²) in [5, 5.41) is 9.39. The van der Waals surface area contributed by atoms with Crippen molar-refractivity contribution in [3.63, 3.8) is 0 Å². The summed E-state index contributed by atoms with van der Waals surface area (Å²) in [6.07, 6.45) is 3.47. The second-order valence-corrected chi connectivity index (χ2v) is 4.24. The molecule has 1 heterocycles. The van der Waals surface area contributed by atoms with Crippen LogP contribution in [0, 0.1) is 6.92 Å². The number of aromatic nitrogens is 1. The third-order valence-electron chi connectivity index (χ3n) is 3.00. The molecule has 18 heavy (non-hydrogen) atoms. The van der Waals surface area contributed by atoms with Crippen molar-refractivity contribution in [2.24, 2.45) is 0 Å². The molecule has 0 radical (unpaired) electrons. The molecule has 3 nitrogen and oxygen atoms in total. The van der Waals surface area contributed by atoms with Crippen molar-refractivity contribution in [1.29, 1.82) is 0 Å². The largest absolute Gasteiger partial charge is 0.392 e. The summed E-state index contributed by atoms with van der Waals surface area (Å²) in [6.45, 7) is 5.03. The maximum absolute atomic E-state index is 9.39. The van der Waals surface area contributed by atoms with E-state index in [4.69, 9.17) is 0 Å². The van der Waals surface area contributed by atoms with Crippen molar-refractivity contribution >= 4 is 11.4 Å². The van der Waals surface area contributed by atoms with Crippen LogP contribution in [-0.4, -0.2) is 16.6 Å². The van der Waals surface area contributed by atoms with Gasteiger partial charge in [-0.25, -0.2) is 0 Å². The summed E-state index contributed by atoms with van der Waals surface area (Å²) >= 11 is 0. The first-order valence-corrected chi connectivity index (χ1v) is 6.14. The third-order valence-corrected chi connectivity index (χ3v) is 3.00. The molecular weight excluding hydrogens is 224 g/mol. The van der Waals surface area contributed by atoms with Gasteiger partial charge in [0.1, 0.15) is 0 Å². The predicted molar refractivity (Wildman–Crippen MR) is 74.0 cm³/mol. The smallest absolute Gasteiger partial charge is 0.0717 e. The van der Waals surface area contributed by atoms with Gasteiger partial charge in [-0.05, 0) is 32.0 Å². The highest BCUT2D eigenvalue weighted by Crippen LogP contribution is 2.27. The van der Waals surface area contributed by atoms with E-state index < -0.39 is 0 Å². The minimum atomic E-state index is 0.00549. The fourth-order valence-corrected chi connectivity index (χ4v) is 2.02. The van der Waals surface area contributed by atoms with E-state index in [0.29, 0.717) is 0 Å². The maximum Gasteiger partial charge on any atom is 0.0717 e. The van der Waals surface area contributed by atoms with Gasteiger partial charge in [0.15, 0.2) is 0 Å². The van der Waals surface area contributed by atoms with E-state index in [2.05, 4.69) is 48.0 Å². The Bertz CT molecular complexity index is 508. The van der Waals surface area contributed by atoms with Gasteiger partial charge < -0.3 is 10.0 Å². The number of aryl methyl sites for hydroxylation is 1. The lowest BCUT2D eigenvalue weighted by Gasteiger charge is -2.25. The summed E-state index contributed by atoms with van der Waals surface area (Å²) in [5.74, 6) is 0. The molecule has 0 spiro atoms. The summed E-state index contributed by atoms with van der Waals surface area (Å²) in [4.78, 5) is 6.23. The first kappa shape index (κ1) is 12.6. The number of hydrogen-bond acceptors (Lipinski definition) is 3. The molecule has 0 aliphatic heterocycles. The Morgan fingerprint density at radius 2 is 1.89 bits per heavy atom. The lowest BCUT2D eigenvalue weighted by atomic mass is 10.1. The number of aliphatic hydroxyl groups is 1. The Labute approximate surface area is 108 Å². The summed E-state index contributed by atoms with van der Waals surface area (Å²) < 4.78 is 0. The molecule has 0 atom stereocenters. The van der Waals surface area contributed by atoms with E-state index in [0.717, 1.165) is 23.5 Å². The van der Waals surface area contributed by atoms with E-state index >= 15 is 0 Å². The number of benzene rings is 1. The average Bonchev–Trinajstić information content (AvgIpc) is 2.42. The van der Waals surface area contributed by atoms with Crippen molar-refractivity contribution in [2.45, 2.75) is 20.5 Å². The van der Waals surface area contributed by atoms with E-state index in [1.165, 1.54) is 5.56 Å². The van der Waals surface area contributed by atoms with Gasteiger partial charge in [-0.2, -0.15) is 0 Å². The van der Waals surface area contributed by atoms with Crippen molar-refractivity contribution < 1.29 is 5.11 Å².